The van der Waals surface area contributed by atoms with Gasteiger partial charge in [0.15, 0.2) is 0 Å². The van der Waals surface area contributed by atoms with Crippen molar-refractivity contribution >= 4 is 40.0 Å². The summed E-state index contributed by atoms with van der Waals surface area (Å²) >= 11 is 6.08. The summed E-state index contributed by atoms with van der Waals surface area (Å²) in [5.41, 5.74) is 6.96. The van der Waals surface area contributed by atoms with E-state index in [1.54, 1.807) is 36.4 Å². The van der Waals surface area contributed by atoms with Crippen LogP contribution in [0.1, 0.15) is 20.8 Å². The van der Waals surface area contributed by atoms with Crippen LogP contribution in [0.5, 0.6) is 0 Å². The first kappa shape index (κ1) is 14.2. The SMILES string of the molecule is NC(=O)c1ccccc1NC(=O)c1cc2cccc(Cl)c2[nH]1. The highest BCUT2D eigenvalue weighted by Gasteiger charge is 2.14. The fourth-order valence-electron chi connectivity index (χ4n) is 2.24. The zero-order valence-corrected chi connectivity index (χ0v) is 12.1. The van der Waals surface area contributed by atoms with Crippen molar-refractivity contribution in [2.45, 2.75) is 0 Å². The van der Waals surface area contributed by atoms with E-state index in [1.807, 2.05) is 12.1 Å². The lowest BCUT2D eigenvalue weighted by atomic mass is 10.1. The van der Waals surface area contributed by atoms with Gasteiger partial charge in [-0.05, 0) is 24.3 Å². The first-order valence-electron chi connectivity index (χ1n) is 6.53. The summed E-state index contributed by atoms with van der Waals surface area (Å²) in [7, 11) is 0. The number of rotatable bonds is 3. The number of carbonyl (C=O) groups is 2. The summed E-state index contributed by atoms with van der Waals surface area (Å²) < 4.78 is 0. The van der Waals surface area contributed by atoms with Crippen molar-refractivity contribution in [3.8, 4) is 0 Å². The Morgan fingerprint density at radius 1 is 1.09 bits per heavy atom. The Bertz CT molecular complexity index is 886. The Kier molecular flexibility index (Phi) is 3.56. The highest BCUT2D eigenvalue weighted by atomic mass is 35.5. The smallest absolute Gasteiger partial charge is 0.272 e. The van der Waals surface area contributed by atoms with Crippen molar-refractivity contribution in [1.82, 2.24) is 4.98 Å². The summed E-state index contributed by atoms with van der Waals surface area (Å²) in [5.74, 6) is -0.975. The third-order valence-corrected chi connectivity index (χ3v) is 3.61. The van der Waals surface area contributed by atoms with E-state index < -0.39 is 5.91 Å². The van der Waals surface area contributed by atoms with Crippen LogP contribution >= 0.6 is 11.6 Å². The van der Waals surface area contributed by atoms with Crippen molar-refractivity contribution in [3.63, 3.8) is 0 Å². The number of primary amides is 1. The largest absolute Gasteiger partial charge is 0.366 e. The summed E-state index contributed by atoms with van der Waals surface area (Å²) in [6.07, 6.45) is 0. The van der Waals surface area contributed by atoms with Crippen LogP contribution in [0, 0.1) is 0 Å². The van der Waals surface area contributed by atoms with Crippen LogP contribution < -0.4 is 11.1 Å². The summed E-state index contributed by atoms with van der Waals surface area (Å²) in [5, 5.41) is 4.04. The van der Waals surface area contributed by atoms with Gasteiger partial charge in [0.2, 0.25) is 0 Å². The van der Waals surface area contributed by atoms with Gasteiger partial charge in [-0.3, -0.25) is 9.59 Å². The molecule has 0 bridgehead atoms. The van der Waals surface area contributed by atoms with Gasteiger partial charge >= 0.3 is 0 Å². The molecule has 0 aliphatic heterocycles. The van der Waals surface area contributed by atoms with Gasteiger partial charge in [0.25, 0.3) is 11.8 Å². The molecule has 2 aromatic carbocycles. The molecule has 1 heterocycles. The maximum atomic E-state index is 12.3. The molecule has 0 fully saturated rings. The van der Waals surface area contributed by atoms with Crippen molar-refractivity contribution in [3.05, 3.63) is 64.8 Å². The van der Waals surface area contributed by atoms with Crippen LogP contribution in [0.25, 0.3) is 10.9 Å². The minimum absolute atomic E-state index is 0.255. The molecule has 0 saturated heterocycles. The van der Waals surface area contributed by atoms with E-state index in [1.165, 1.54) is 0 Å². The fourth-order valence-corrected chi connectivity index (χ4v) is 2.47. The first-order chi connectivity index (χ1) is 10.6. The van der Waals surface area contributed by atoms with E-state index in [-0.39, 0.29) is 11.5 Å². The molecule has 0 radical (unpaired) electrons. The molecule has 0 saturated carbocycles. The van der Waals surface area contributed by atoms with Crippen molar-refractivity contribution in [2.75, 3.05) is 5.32 Å². The van der Waals surface area contributed by atoms with Gasteiger partial charge in [0.05, 0.1) is 21.8 Å². The van der Waals surface area contributed by atoms with Crippen molar-refractivity contribution in [2.24, 2.45) is 5.73 Å². The molecule has 0 atom stereocenters. The minimum Gasteiger partial charge on any atom is -0.366 e. The van der Waals surface area contributed by atoms with Crippen LogP contribution in [0.4, 0.5) is 5.69 Å². The van der Waals surface area contributed by atoms with E-state index in [0.29, 0.717) is 21.9 Å². The van der Waals surface area contributed by atoms with Crippen LogP contribution in [0.3, 0.4) is 0 Å². The number of carbonyl (C=O) groups excluding carboxylic acids is 2. The number of hydrogen-bond acceptors (Lipinski definition) is 2. The van der Waals surface area contributed by atoms with Crippen LogP contribution in [-0.4, -0.2) is 16.8 Å². The van der Waals surface area contributed by atoms with Crippen molar-refractivity contribution in [1.29, 1.82) is 0 Å². The maximum Gasteiger partial charge on any atom is 0.272 e. The maximum absolute atomic E-state index is 12.3. The number of nitrogens with two attached hydrogens (primary N) is 1. The predicted molar refractivity (Wildman–Crippen MR) is 86.2 cm³/mol. The number of aromatic nitrogens is 1. The van der Waals surface area contributed by atoms with Gasteiger partial charge in [-0.2, -0.15) is 0 Å². The molecule has 22 heavy (non-hydrogen) atoms. The Hall–Kier alpha value is -2.79. The topological polar surface area (TPSA) is 88.0 Å². The number of aromatic amines is 1. The molecule has 0 aliphatic carbocycles. The number of hydrogen-bond donors (Lipinski definition) is 3. The van der Waals surface area contributed by atoms with Gasteiger partial charge < -0.3 is 16.0 Å². The number of H-pyrrole nitrogens is 1. The number of halogens is 1. The third-order valence-electron chi connectivity index (χ3n) is 3.29. The van der Waals surface area contributed by atoms with Gasteiger partial charge in [0.1, 0.15) is 5.69 Å². The Morgan fingerprint density at radius 2 is 1.86 bits per heavy atom. The average Bonchev–Trinajstić information content (AvgIpc) is 2.93. The minimum atomic E-state index is -0.601. The molecule has 2 amide bonds. The van der Waals surface area contributed by atoms with Crippen molar-refractivity contribution < 1.29 is 9.59 Å². The van der Waals surface area contributed by atoms with E-state index >= 15 is 0 Å². The molecule has 5 nitrogen and oxygen atoms in total. The molecule has 110 valence electrons. The van der Waals surface area contributed by atoms with Crippen LogP contribution in [0.15, 0.2) is 48.5 Å². The lowest BCUT2D eigenvalue weighted by molar-refractivity contribution is 0.100. The lowest BCUT2D eigenvalue weighted by Crippen LogP contribution is -2.18. The number of benzene rings is 2. The van der Waals surface area contributed by atoms with Gasteiger partial charge in [-0.15, -0.1) is 0 Å². The van der Waals surface area contributed by atoms with Crippen LogP contribution in [-0.2, 0) is 0 Å². The predicted octanol–water partition coefficient (Wildman–Crippen LogP) is 3.17. The number of anilines is 1. The van der Waals surface area contributed by atoms with Gasteiger partial charge in [0, 0.05) is 5.39 Å². The van der Waals surface area contributed by atoms with E-state index in [9.17, 15) is 9.59 Å². The van der Waals surface area contributed by atoms with Gasteiger partial charge in [-0.25, -0.2) is 0 Å². The van der Waals surface area contributed by atoms with Crippen LogP contribution in [0.2, 0.25) is 5.02 Å². The quantitative estimate of drug-likeness (QED) is 0.693. The molecule has 6 heteroatoms. The second-order valence-corrected chi connectivity index (χ2v) is 5.16. The molecule has 0 spiro atoms. The second kappa shape index (κ2) is 5.54. The summed E-state index contributed by atoms with van der Waals surface area (Å²) in [6.45, 7) is 0. The summed E-state index contributed by atoms with van der Waals surface area (Å²) in [6, 6.07) is 13.7. The molecular formula is C16H12ClN3O2. The zero-order valence-electron chi connectivity index (χ0n) is 11.4. The molecule has 4 N–H and O–H groups in total. The number of para-hydroxylation sites is 2. The summed E-state index contributed by atoms with van der Waals surface area (Å²) in [4.78, 5) is 26.7. The molecule has 0 aliphatic rings. The standard InChI is InChI=1S/C16H12ClN3O2/c17-11-6-3-4-9-8-13(19-14(9)11)16(22)20-12-7-2-1-5-10(12)15(18)21/h1-8,19H,(H2,18,21)(H,20,22). The van der Waals surface area contributed by atoms with E-state index in [2.05, 4.69) is 10.3 Å². The lowest BCUT2D eigenvalue weighted by Gasteiger charge is -2.07. The Morgan fingerprint density at radius 3 is 2.59 bits per heavy atom. The number of amides is 2. The monoisotopic (exact) mass is 313 g/mol. The number of fused-ring (bicyclic) bond motifs is 1. The molecule has 0 unspecified atom stereocenters. The molecular weight excluding hydrogens is 302 g/mol. The van der Waals surface area contributed by atoms with E-state index in [0.717, 1.165) is 5.39 Å². The van der Waals surface area contributed by atoms with Gasteiger partial charge in [-0.1, -0.05) is 35.9 Å². The highest BCUT2D eigenvalue weighted by Crippen LogP contribution is 2.24. The molecule has 1 aromatic heterocycles. The first-order valence-corrected chi connectivity index (χ1v) is 6.91. The molecule has 3 rings (SSSR count). The highest BCUT2D eigenvalue weighted by molar-refractivity contribution is 6.35. The average molecular weight is 314 g/mol. The molecule has 3 aromatic rings. The third kappa shape index (κ3) is 2.54. The Balaban J connectivity index is 1.94. The second-order valence-electron chi connectivity index (χ2n) is 4.75. The number of nitrogens with one attached hydrogen (secondary N) is 2. The fraction of sp³-hybridized carbons (Fsp3) is 0. The Labute approximate surface area is 131 Å². The normalized spacial score (nSPS) is 10.6. The van der Waals surface area contributed by atoms with E-state index in [4.69, 9.17) is 17.3 Å². The zero-order chi connectivity index (χ0) is 15.7.